The number of nitrogens with one attached hydrogen (secondary N) is 1. The molecule has 0 aliphatic heterocycles. The number of carbonyl (C=O) groups is 1. The van der Waals surface area contributed by atoms with Gasteiger partial charge in [-0.3, -0.25) is 14.2 Å². The number of methoxy groups -OCH3 is 1. The first-order chi connectivity index (χ1) is 12.7. The third kappa shape index (κ3) is 2.57. The van der Waals surface area contributed by atoms with Crippen LogP contribution < -0.4 is 10.1 Å². The van der Waals surface area contributed by atoms with E-state index in [1.807, 2.05) is 18.2 Å². The van der Waals surface area contributed by atoms with Gasteiger partial charge in [0.15, 0.2) is 0 Å². The summed E-state index contributed by atoms with van der Waals surface area (Å²) in [6.45, 7) is 0. The molecule has 0 radical (unpaired) electrons. The highest BCUT2D eigenvalue weighted by molar-refractivity contribution is 6.03. The fraction of sp³-hybridized carbons (Fsp3) is 0.0556. The Bertz CT molecular complexity index is 1190. The Morgan fingerprint density at radius 1 is 1.27 bits per heavy atom. The number of hydrogen-bond acceptors (Lipinski definition) is 6. The maximum absolute atomic E-state index is 12.5. The van der Waals surface area contributed by atoms with E-state index in [1.165, 1.54) is 12.4 Å². The first kappa shape index (κ1) is 15.5. The molecule has 3 aromatic heterocycles. The van der Waals surface area contributed by atoms with Crippen LogP contribution in [0.15, 0.2) is 48.9 Å². The molecule has 3 heterocycles. The standard InChI is InChI=1S/C18H12N6O2/c1-26-12-2-3-16-15(8-12)23-18-22-14(5-7-24(16)18)17(25)21-13-4-6-20-10-11(13)9-19/h2-8,10H,1H3,(H,20,21,25). The number of nitrogens with zero attached hydrogens (tertiary/aromatic N) is 5. The Morgan fingerprint density at radius 3 is 2.96 bits per heavy atom. The largest absolute Gasteiger partial charge is 0.497 e. The van der Waals surface area contributed by atoms with Crippen molar-refractivity contribution in [1.29, 1.82) is 5.26 Å². The van der Waals surface area contributed by atoms with Crippen LogP contribution in [0.3, 0.4) is 0 Å². The number of carbonyl (C=O) groups excluding carboxylic acids is 1. The molecule has 0 spiro atoms. The number of rotatable bonds is 3. The molecule has 0 bridgehead atoms. The number of anilines is 1. The zero-order valence-electron chi connectivity index (χ0n) is 13.7. The lowest BCUT2D eigenvalue weighted by molar-refractivity contribution is 0.102. The van der Waals surface area contributed by atoms with Crippen molar-refractivity contribution in [2.45, 2.75) is 0 Å². The summed E-state index contributed by atoms with van der Waals surface area (Å²) in [6.07, 6.45) is 4.62. The second-order valence-electron chi connectivity index (χ2n) is 5.44. The number of fused-ring (bicyclic) bond motifs is 3. The summed E-state index contributed by atoms with van der Waals surface area (Å²) in [5.41, 5.74) is 2.44. The highest BCUT2D eigenvalue weighted by Gasteiger charge is 2.13. The molecule has 1 aromatic carbocycles. The average molecular weight is 344 g/mol. The summed E-state index contributed by atoms with van der Waals surface area (Å²) in [5, 5.41) is 11.8. The van der Waals surface area contributed by atoms with Gasteiger partial charge in [-0.25, -0.2) is 9.97 Å². The number of benzene rings is 1. The van der Waals surface area contributed by atoms with E-state index in [4.69, 9.17) is 10.00 Å². The maximum atomic E-state index is 12.5. The maximum Gasteiger partial charge on any atom is 0.274 e. The summed E-state index contributed by atoms with van der Waals surface area (Å²) in [7, 11) is 1.59. The number of ether oxygens (including phenoxy) is 1. The van der Waals surface area contributed by atoms with Crippen LogP contribution in [0.4, 0.5) is 5.69 Å². The average Bonchev–Trinajstić information content (AvgIpc) is 3.05. The Labute approximate surface area is 147 Å². The molecule has 0 unspecified atom stereocenters. The Hall–Kier alpha value is -3.99. The number of nitriles is 1. The van der Waals surface area contributed by atoms with Gasteiger partial charge in [0.2, 0.25) is 5.78 Å². The number of imidazole rings is 1. The van der Waals surface area contributed by atoms with Gasteiger partial charge in [0.1, 0.15) is 17.5 Å². The van der Waals surface area contributed by atoms with Gasteiger partial charge in [0.25, 0.3) is 5.91 Å². The van der Waals surface area contributed by atoms with E-state index in [-0.39, 0.29) is 11.3 Å². The van der Waals surface area contributed by atoms with Crippen molar-refractivity contribution in [1.82, 2.24) is 19.4 Å². The Balaban J connectivity index is 1.71. The Kier molecular flexibility index (Phi) is 3.67. The molecule has 0 saturated carbocycles. The molecular formula is C18H12N6O2. The van der Waals surface area contributed by atoms with Crippen LogP contribution in [-0.4, -0.2) is 32.4 Å². The third-order valence-corrected chi connectivity index (χ3v) is 3.90. The Morgan fingerprint density at radius 2 is 2.15 bits per heavy atom. The molecule has 0 fully saturated rings. The minimum atomic E-state index is -0.431. The van der Waals surface area contributed by atoms with Crippen molar-refractivity contribution in [2.24, 2.45) is 0 Å². The molecule has 26 heavy (non-hydrogen) atoms. The lowest BCUT2D eigenvalue weighted by Gasteiger charge is -2.06. The fourth-order valence-electron chi connectivity index (χ4n) is 2.61. The van der Waals surface area contributed by atoms with Gasteiger partial charge >= 0.3 is 0 Å². The van der Waals surface area contributed by atoms with E-state index >= 15 is 0 Å². The van der Waals surface area contributed by atoms with Crippen LogP contribution in [-0.2, 0) is 0 Å². The van der Waals surface area contributed by atoms with E-state index in [0.29, 0.717) is 17.2 Å². The zero-order chi connectivity index (χ0) is 18.1. The van der Waals surface area contributed by atoms with Crippen molar-refractivity contribution in [3.05, 3.63) is 60.2 Å². The van der Waals surface area contributed by atoms with Gasteiger partial charge in [0.05, 0.1) is 29.4 Å². The number of pyridine rings is 1. The normalized spacial score (nSPS) is 10.6. The van der Waals surface area contributed by atoms with E-state index in [0.717, 1.165) is 11.0 Å². The van der Waals surface area contributed by atoms with E-state index < -0.39 is 5.91 Å². The molecule has 1 N–H and O–H groups in total. The molecule has 0 aliphatic rings. The summed E-state index contributed by atoms with van der Waals surface area (Å²) in [6, 6.07) is 10.7. The third-order valence-electron chi connectivity index (χ3n) is 3.90. The van der Waals surface area contributed by atoms with Crippen LogP contribution in [0, 0.1) is 11.3 Å². The predicted molar refractivity (Wildman–Crippen MR) is 94.0 cm³/mol. The van der Waals surface area contributed by atoms with Crippen LogP contribution in [0.1, 0.15) is 16.1 Å². The molecular weight excluding hydrogens is 332 g/mol. The van der Waals surface area contributed by atoms with Gasteiger partial charge < -0.3 is 10.1 Å². The topological polar surface area (TPSA) is 105 Å². The van der Waals surface area contributed by atoms with Crippen molar-refractivity contribution in [2.75, 3.05) is 12.4 Å². The lowest BCUT2D eigenvalue weighted by atomic mass is 10.2. The smallest absolute Gasteiger partial charge is 0.274 e. The number of hydrogen-bond donors (Lipinski definition) is 1. The highest BCUT2D eigenvalue weighted by atomic mass is 16.5. The minimum absolute atomic E-state index is 0.195. The zero-order valence-corrected chi connectivity index (χ0v) is 13.7. The van der Waals surface area contributed by atoms with Gasteiger partial charge in [-0.2, -0.15) is 5.26 Å². The molecule has 126 valence electrons. The molecule has 8 nitrogen and oxygen atoms in total. The summed E-state index contributed by atoms with van der Waals surface area (Å²) in [4.78, 5) is 25.1. The number of amides is 1. The second kappa shape index (κ2) is 6.14. The monoisotopic (exact) mass is 344 g/mol. The van der Waals surface area contributed by atoms with E-state index in [1.54, 1.807) is 35.9 Å². The molecule has 4 rings (SSSR count). The summed E-state index contributed by atoms with van der Waals surface area (Å²) >= 11 is 0. The quantitative estimate of drug-likeness (QED) is 0.612. The van der Waals surface area contributed by atoms with Crippen molar-refractivity contribution < 1.29 is 9.53 Å². The van der Waals surface area contributed by atoms with Crippen molar-refractivity contribution in [3.63, 3.8) is 0 Å². The fourth-order valence-corrected chi connectivity index (χ4v) is 2.61. The minimum Gasteiger partial charge on any atom is -0.497 e. The lowest BCUT2D eigenvalue weighted by Crippen LogP contribution is -2.15. The second-order valence-corrected chi connectivity index (χ2v) is 5.44. The highest BCUT2D eigenvalue weighted by Crippen LogP contribution is 2.21. The van der Waals surface area contributed by atoms with Crippen LogP contribution in [0.25, 0.3) is 16.8 Å². The van der Waals surface area contributed by atoms with Gasteiger partial charge in [-0.15, -0.1) is 0 Å². The van der Waals surface area contributed by atoms with Crippen LogP contribution in [0.2, 0.25) is 0 Å². The molecule has 0 aliphatic carbocycles. The molecule has 4 aromatic rings. The van der Waals surface area contributed by atoms with E-state index in [2.05, 4.69) is 20.3 Å². The van der Waals surface area contributed by atoms with Gasteiger partial charge in [-0.1, -0.05) is 0 Å². The molecule has 8 heteroatoms. The van der Waals surface area contributed by atoms with E-state index in [9.17, 15) is 4.79 Å². The van der Waals surface area contributed by atoms with Crippen LogP contribution in [0.5, 0.6) is 5.75 Å². The van der Waals surface area contributed by atoms with Crippen LogP contribution >= 0.6 is 0 Å². The predicted octanol–water partition coefficient (Wildman–Crippen LogP) is 2.41. The van der Waals surface area contributed by atoms with Crippen molar-refractivity contribution >= 4 is 28.4 Å². The molecule has 1 amide bonds. The summed E-state index contributed by atoms with van der Waals surface area (Å²) < 4.78 is 6.99. The summed E-state index contributed by atoms with van der Waals surface area (Å²) in [5.74, 6) is 0.663. The van der Waals surface area contributed by atoms with Gasteiger partial charge in [-0.05, 0) is 24.3 Å². The molecule has 0 atom stereocenters. The SMILES string of the molecule is COc1ccc2c(c1)nc1nc(C(=O)Nc3ccncc3C#N)ccn12. The first-order valence-electron chi connectivity index (χ1n) is 7.68. The number of aromatic nitrogens is 4. The first-order valence-corrected chi connectivity index (χ1v) is 7.68. The van der Waals surface area contributed by atoms with Gasteiger partial charge in [0, 0.05) is 24.7 Å². The van der Waals surface area contributed by atoms with Crippen molar-refractivity contribution in [3.8, 4) is 11.8 Å². The molecule has 0 saturated heterocycles.